The van der Waals surface area contributed by atoms with Crippen LogP contribution < -0.4 is 5.32 Å². The first kappa shape index (κ1) is 10.3. The molecule has 15 heavy (non-hydrogen) atoms. The van der Waals surface area contributed by atoms with Crippen molar-refractivity contribution in [3.05, 3.63) is 22.5 Å². The zero-order chi connectivity index (χ0) is 10.8. The summed E-state index contributed by atoms with van der Waals surface area (Å²) >= 11 is 1.67. The van der Waals surface area contributed by atoms with Crippen LogP contribution in [0, 0.1) is 13.8 Å². The number of aromatic nitrogens is 2. The van der Waals surface area contributed by atoms with Gasteiger partial charge in [0.15, 0.2) is 0 Å². The van der Waals surface area contributed by atoms with E-state index in [0.717, 1.165) is 28.6 Å². The smallest absolute Gasteiger partial charge is 0.144 e. The van der Waals surface area contributed by atoms with Crippen molar-refractivity contribution in [3.63, 3.8) is 0 Å². The van der Waals surface area contributed by atoms with Crippen LogP contribution >= 0.6 is 11.3 Å². The predicted molar refractivity (Wildman–Crippen MR) is 59.8 cm³/mol. The molecule has 0 aliphatic heterocycles. The Kier molecular flexibility index (Phi) is 2.83. The second kappa shape index (κ2) is 4.12. The van der Waals surface area contributed by atoms with Crippen LogP contribution in [0.2, 0.25) is 0 Å². The number of nitrogens with zero attached hydrogens (tertiary/aromatic N) is 2. The van der Waals surface area contributed by atoms with Crippen molar-refractivity contribution >= 4 is 11.3 Å². The number of nitrogens with one attached hydrogen (secondary N) is 1. The topological polar surface area (TPSA) is 51.0 Å². The van der Waals surface area contributed by atoms with Crippen molar-refractivity contribution < 1.29 is 4.52 Å². The van der Waals surface area contributed by atoms with Gasteiger partial charge < -0.3 is 9.84 Å². The van der Waals surface area contributed by atoms with E-state index < -0.39 is 0 Å². The average Bonchev–Trinajstić information content (AvgIpc) is 2.75. The van der Waals surface area contributed by atoms with Crippen molar-refractivity contribution in [2.45, 2.75) is 20.4 Å². The van der Waals surface area contributed by atoms with Gasteiger partial charge in [0.05, 0.1) is 11.3 Å². The van der Waals surface area contributed by atoms with E-state index in [0.29, 0.717) is 0 Å². The summed E-state index contributed by atoms with van der Waals surface area (Å²) in [5.41, 5.74) is 1.93. The number of hydrogen-bond acceptors (Lipinski definition) is 5. The summed E-state index contributed by atoms with van der Waals surface area (Å²) in [7, 11) is 1.93. The fourth-order valence-electron chi connectivity index (χ4n) is 1.47. The first-order valence-electron chi connectivity index (χ1n) is 4.75. The van der Waals surface area contributed by atoms with Crippen molar-refractivity contribution in [3.8, 4) is 10.6 Å². The zero-order valence-corrected chi connectivity index (χ0v) is 9.81. The van der Waals surface area contributed by atoms with Crippen LogP contribution in [-0.4, -0.2) is 17.2 Å². The summed E-state index contributed by atoms with van der Waals surface area (Å²) < 4.78 is 5.12. The van der Waals surface area contributed by atoms with E-state index in [9.17, 15) is 0 Å². The molecule has 2 rings (SSSR count). The van der Waals surface area contributed by atoms with Crippen LogP contribution in [-0.2, 0) is 6.54 Å². The van der Waals surface area contributed by atoms with E-state index in [1.165, 1.54) is 4.88 Å². The van der Waals surface area contributed by atoms with E-state index >= 15 is 0 Å². The van der Waals surface area contributed by atoms with Gasteiger partial charge in [-0.15, -0.1) is 11.3 Å². The highest BCUT2D eigenvalue weighted by Gasteiger charge is 2.14. The lowest BCUT2D eigenvalue weighted by Crippen LogP contribution is -2.02. The van der Waals surface area contributed by atoms with Gasteiger partial charge in [0.25, 0.3) is 0 Å². The summed E-state index contributed by atoms with van der Waals surface area (Å²) in [6.07, 6.45) is 1.89. The van der Waals surface area contributed by atoms with Gasteiger partial charge in [-0.3, -0.25) is 0 Å². The first-order chi connectivity index (χ1) is 7.22. The van der Waals surface area contributed by atoms with Crippen LogP contribution in [0.25, 0.3) is 10.6 Å². The third-order valence-electron chi connectivity index (χ3n) is 2.15. The van der Waals surface area contributed by atoms with Crippen molar-refractivity contribution in [1.29, 1.82) is 0 Å². The molecule has 2 aromatic heterocycles. The Balaban J connectivity index is 2.37. The monoisotopic (exact) mass is 223 g/mol. The zero-order valence-electron chi connectivity index (χ0n) is 9.00. The van der Waals surface area contributed by atoms with Crippen molar-refractivity contribution in [2.24, 2.45) is 0 Å². The number of hydrogen-bond donors (Lipinski definition) is 1. The Morgan fingerprint density at radius 2 is 2.27 bits per heavy atom. The lowest BCUT2D eigenvalue weighted by Gasteiger charge is -1.93. The van der Waals surface area contributed by atoms with Crippen molar-refractivity contribution in [1.82, 2.24) is 15.5 Å². The van der Waals surface area contributed by atoms with Crippen LogP contribution in [0.1, 0.15) is 16.3 Å². The summed E-state index contributed by atoms with van der Waals surface area (Å²) in [6.45, 7) is 4.69. The molecule has 0 aliphatic carbocycles. The summed E-state index contributed by atoms with van der Waals surface area (Å²) in [5, 5.41) is 8.01. The normalized spacial score (nSPS) is 10.9. The minimum atomic E-state index is 0.831. The Bertz CT molecular complexity index is 441. The fraction of sp³-hybridized carbons (Fsp3) is 0.400. The molecular weight excluding hydrogens is 210 g/mol. The highest BCUT2D eigenvalue weighted by molar-refractivity contribution is 7.15. The second-order valence-corrected chi connectivity index (χ2v) is 4.48. The van der Waals surface area contributed by atoms with Crippen LogP contribution in [0.15, 0.2) is 10.7 Å². The van der Waals surface area contributed by atoms with E-state index in [-0.39, 0.29) is 0 Å². The first-order valence-corrected chi connectivity index (χ1v) is 5.56. The molecule has 0 fully saturated rings. The molecule has 0 atom stereocenters. The molecule has 1 N–H and O–H groups in total. The van der Waals surface area contributed by atoms with Crippen LogP contribution in [0.5, 0.6) is 0 Å². The summed E-state index contributed by atoms with van der Waals surface area (Å²) in [6, 6.07) is 0. The highest BCUT2D eigenvalue weighted by atomic mass is 32.1. The largest absolute Gasteiger partial charge is 0.361 e. The summed E-state index contributed by atoms with van der Waals surface area (Å²) in [5.74, 6) is 0.831. The molecule has 0 amide bonds. The van der Waals surface area contributed by atoms with Gasteiger partial charge in [0.2, 0.25) is 0 Å². The number of thiazole rings is 1. The van der Waals surface area contributed by atoms with E-state index in [4.69, 9.17) is 4.52 Å². The van der Waals surface area contributed by atoms with Gasteiger partial charge in [-0.05, 0) is 20.9 Å². The molecule has 0 saturated carbocycles. The lowest BCUT2D eigenvalue weighted by atomic mass is 10.2. The van der Waals surface area contributed by atoms with Crippen LogP contribution in [0.3, 0.4) is 0 Å². The van der Waals surface area contributed by atoms with E-state index in [2.05, 4.69) is 15.5 Å². The Morgan fingerprint density at radius 3 is 2.87 bits per heavy atom. The minimum Gasteiger partial charge on any atom is -0.361 e. The molecule has 0 aromatic carbocycles. The summed E-state index contributed by atoms with van der Waals surface area (Å²) in [4.78, 5) is 5.59. The minimum absolute atomic E-state index is 0.831. The highest BCUT2D eigenvalue weighted by Crippen LogP contribution is 2.30. The third-order valence-corrected chi connectivity index (χ3v) is 3.17. The molecular formula is C10H13N3OS. The Hall–Kier alpha value is -1.20. The third kappa shape index (κ3) is 1.93. The number of rotatable bonds is 3. The molecule has 2 heterocycles. The van der Waals surface area contributed by atoms with Gasteiger partial charge in [-0.1, -0.05) is 5.16 Å². The quantitative estimate of drug-likeness (QED) is 0.866. The van der Waals surface area contributed by atoms with Gasteiger partial charge in [0.1, 0.15) is 10.8 Å². The SMILES string of the molecule is CNCc1cnc(-c2c(C)noc2C)s1. The molecule has 2 aromatic rings. The standard InChI is InChI=1S/C10H13N3OS/c1-6-9(7(2)14-13-6)10-12-5-8(15-10)4-11-3/h5,11H,4H2,1-3H3. The van der Waals surface area contributed by atoms with Gasteiger partial charge in [-0.25, -0.2) is 4.98 Å². The molecule has 4 nitrogen and oxygen atoms in total. The molecule has 0 radical (unpaired) electrons. The van der Waals surface area contributed by atoms with Gasteiger partial charge in [-0.2, -0.15) is 0 Å². The van der Waals surface area contributed by atoms with Crippen LogP contribution in [0.4, 0.5) is 0 Å². The molecule has 0 spiro atoms. The Labute approximate surface area is 92.3 Å². The van der Waals surface area contributed by atoms with Crippen molar-refractivity contribution in [2.75, 3.05) is 7.05 Å². The van der Waals surface area contributed by atoms with Gasteiger partial charge >= 0.3 is 0 Å². The van der Waals surface area contributed by atoms with E-state index in [1.807, 2.05) is 27.1 Å². The maximum atomic E-state index is 5.12. The van der Waals surface area contributed by atoms with E-state index in [1.54, 1.807) is 11.3 Å². The molecule has 80 valence electrons. The molecule has 5 heteroatoms. The molecule has 0 saturated heterocycles. The lowest BCUT2D eigenvalue weighted by molar-refractivity contribution is 0.393. The average molecular weight is 223 g/mol. The second-order valence-electron chi connectivity index (χ2n) is 3.36. The fourth-order valence-corrected chi connectivity index (χ4v) is 2.54. The molecule has 0 bridgehead atoms. The molecule has 0 aliphatic rings. The Morgan fingerprint density at radius 1 is 1.47 bits per heavy atom. The molecule has 0 unspecified atom stereocenters. The maximum Gasteiger partial charge on any atom is 0.144 e. The number of aryl methyl sites for hydroxylation is 2. The predicted octanol–water partition coefficient (Wildman–Crippen LogP) is 2.13. The van der Waals surface area contributed by atoms with Gasteiger partial charge in [0, 0.05) is 17.6 Å². The maximum absolute atomic E-state index is 5.12.